The minimum Gasteiger partial charge on any atom is -0.469 e. The zero-order valence-electron chi connectivity index (χ0n) is 30.7. The Morgan fingerprint density at radius 3 is 1.40 bits per heavy atom. The van der Waals surface area contributed by atoms with E-state index in [9.17, 15) is 9.59 Å². The van der Waals surface area contributed by atoms with Gasteiger partial charge in [-0.05, 0) is 96.1 Å². The summed E-state index contributed by atoms with van der Waals surface area (Å²) >= 11 is 11.8. The normalized spacial score (nSPS) is 10.7. The number of carbonyl (C=O) groups is 2. The van der Waals surface area contributed by atoms with E-state index >= 15 is 0 Å². The van der Waals surface area contributed by atoms with Crippen molar-refractivity contribution in [1.29, 1.82) is 0 Å². The highest BCUT2D eigenvalue weighted by Gasteiger charge is 2.17. The molecule has 0 atom stereocenters. The van der Waals surface area contributed by atoms with Crippen molar-refractivity contribution in [1.82, 2.24) is 41.0 Å². The molecular weight excluding hydrogens is 787 g/mol. The van der Waals surface area contributed by atoms with E-state index in [1.165, 1.54) is 0 Å². The van der Waals surface area contributed by atoms with Gasteiger partial charge in [0.05, 0.1) is 23.3 Å². The van der Waals surface area contributed by atoms with Gasteiger partial charge < -0.3 is 39.6 Å². The fourth-order valence-corrected chi connectivity index (χ4v) is 5.61. The standard InChI is InChI=1S/2C20H16ClN5O3/c2*1-22-19(27)16-10-12(6-8-23-16)11-29-20-17-15(7-9-28-17)18(25-26-20)24-14-4-2-13(21)3-5-14/h2*2-10H,11H2,1H3,(H,22,27)(H,24,25). The molecule has 0 aliphatic rings. The number of ether oxygens (including phenoxy) is 2. The molecule has 292 valence electrons. The van der Waals surface area contributed by atoms with Crippen LogP contribution in [0.2, 0.25) is 10.0 Å². The lowest BCUT2D eigenvalue weighted by Gasteiger charge is -2.09. The van der Waals surface area contributed by atoms with Crippen LogP contribution in [0.3, 0.4) is 0 Å². The number of nitrogens with zero attached hydrogens (tertiary/aromatic N) is 6. The van der Waals surface area contributed by atoms with Crippen LogP contribution in [-0.2, 0) is 13.2 Å². The van der Waals surface area contributed by atoms with Gasteiger partial charge in [0.15, 0.2) is 11.6 Å². The third kappa shape index (κ3) is 9.38. The predicted molar refractivity (Wildman–Crippen MR) is 217 cm³/mol. The van der Waals surface area contributed by atoms with Crippen molar-refractivity contribution in [3.05, 3.63) is 142 Å². The monoisotopic (exact) mass is 818 g/mol. The molecule has 6 heterocycles. The summed E-state index contributed by atoms with van der Waals surface area (Å²) in [4.78, 5) is 31.5. The summed E-state index contributed by atoms with van der Waals surface area (Å²) in [5.74, 6) is 1.05. The Hall–Kier alpha value is -7.30. The van der Waals surface area contributed by atoms with Crippen molar-refractivity contribution in [3.8, 4) is 11.8 Å². The summed E-state index contributed by atoms with van der Waals surface area (Å²) in [5, 5.41) is 30.9. The molecule has 0 saturated carbocycles. The number of anilines is 4. The second kappa shape index (κ2) is 18.1. The largest absolute Gasteiger partial charge is 0.469 e. The molecule has 0 fully saturated rings. The van der Waals surface area contributed by atoms with Gasteiger partial charge in [-0.2, -0.15) is 0 Å². The molecule has 0 bridgehead atoms. The number of pyridine rings is 2. The molecule has 6 aromatic heterocycles. The first kappa shape index (κ1) is 39.0. The van der Waals surface area contributed by atoms with E-state index < -0.39 is 0 Å². The first-order chi connectivity index (χ1) is 28.3. The zero-order valence-corrected chi connectivity index (χ0v) is 32.2. The summed E-state index contributed by atoms with van der Waals surface area (Å²) in [5.41, 5.74) is 4.73. The number of benzene rings is 2. The van der Waals surface area contributed by atoms with E-state index in [-0.39, 0.29) is 36.8 Å². The number of halogens is 2. The van der Waals surface area contributed by atoms with Gasteiger partial charge in [0.1, 0.15) is 24.6 Å². The Kier molecular flexibility index (Phi) is 12.2. The van der Waals surface area contributed by atoms with Gasteiger partial charge in [0.25, 0.3) is 23.6 Å². The number of nitrogens with one attached hydrogen (secondary N) is 4. The Morgan fingerprint density at radius 1 is 0.586 bits per heavy atom. The average molecular weight is 820 g/mol. The Morgan fingerprint density at radius 2 is 1.00 bits per heavy atom. The van der Waals surface area contributed by atoms with E-state index in [0.717, 1.165) is 33.3 Å². The maximum atomic E-state index is 11.7. The van der Waals surface area contributed by atoms with Crippen LogP contribution in [0.5, 0.6) is 11.8 Å². The summed E-state index contributed by atoms with van der Waals surface area (Å²) in [6, 6.07) is 24.9. The predicted octanol–water partition coefficient (Wildman–Crippen LogP) is 7.91. The Balaban J connectivity index is 0.000000177. The highest BCUT2D eigenvalue weighted by molar-refractivity contribution is 6.31. The molecule has 0 saturated heterocycles. The molecule has 2 aromatic carbocycles. The van der Waals surface area contributed by atoms with Crippen molar-refractivity contribution in [2.45, 2.75) is 13.2 Å². The Bertz CT molecular complexity index is 2510. The molecule has 0 radical (unpaired) electrons. The molecule has 16 nitrogen and oxygen atoms in total. The zero-order chi connectivity index (χ0) is 40.4. The van der Waals surface area contributed by atoms with Crippen molar-refractivity contribution < 1.29 is 27.9 Å². The molecule has 58 heavy (non-hydrogen) atoms. The Labute approximate surface area is 339 Å². The highest BCUT2D eigenvalue weighted by atomic mass is 35.5. The molecule has 18 heteroatoms. The van der Waals surface area contributed by atoms with Gasteiger partial charge in [-0.15, -0.1) is 20.4 Å². The van der Waals surface area contributed by atoms with Gasteiger partial charge in [-0.1, -0.05) is 23.2 Å². The van der Waals surface area contributed by atoms with E-state index in [2.05, 4.69) is 51.6 Å². The van der Waals surface area contributed by atoms with Crippen LogP contribution in [0.4, 0.5) is 23.0 Å². The number of rotatable bonds is 12. The highest BCUT2D eigenvalue weighted by Crippen LogP contribution is 2.32. The smallest absolute Gasteiger partial charge is 0.278 e. The maximum Gasteiger partial charge on any atom is 0.278 e. The van der Waals surface area contributed by atoms with Crippen molar-refractivity contribution >= 4 is 80.0 Å². The van der Waals surface area contributed by atoms with Crippen LogP contribution < -0.4 is 30.7 Å². The molecule has 8 aromatic rings. The summed E-state index contributed by atoms with van der Waals surface area (Å²) in [6.45, 7) is 0.363. The van der Waals surface area contributed by atoms with Gasteiger partial charge in [0.2, 0.25) is 11.2 Å². The fraction of sp³-hybridized carbons (Fsp3) is 0.100. The van der Waals surface area contributed by atoms with Crippen molar-refractivity contribution in [2.24, 2.45) is 0 Å². The number of furan rings is 2. The van der Waals surface area contributed by atoms with E-state index in [1.54, 1.807) is 99.7 Å². The lowest BCUT2D eigenvalue weighted by Crippen LogP contribution is -2.19. The van der Waals surface area contributed by atoms with Crippen LogP contribution in [0, 0.1) is 0 Å². The lowest BCUT2D eigenvalue weighted by atomic mass is 10.2. The summed E-state index contributed by atoms with van der Waals surface area (Å²) in [7, 11) is 3.10. The van der Waals surface area contributed by atoms with E-state index in [1.807, 2.05) is 24.3 Å². The third-order valence-corrected chi connectivity index (χ3v) is 8.75. The lowest BCUT2D eigenvalue weighted by molar-refractivity contribution is 0.0950. The van der Waals surface area contributed by atoms with Gasteiger partial charge in [-0.3, -0.25) is 19.6 Å². The van der Waals surface area contributed by atoms with Crippen molar-refractivity contribution in [2.75, 3.05) is 24.7 Å². The molecule has 4 N–H and O–H groups in total. The molecule has 0 aliphatic heterocycles. The minimum atomic E-state index is -0.266. The quantitative estimate of drug-likeness (QED) is 0.0925. The first-order valence-corrected chi connectivity index (χ1v) is 18.2. The summed E-state index contributed by atoms with van der Waals surface area (Å²) in [6.07, 6.45) is 6.20. The van der Waals surface area contributed by atoms with Crippen LogP contribution in [0.1, 0.15) is 32.1 Å². The van der Waals surface area contributed by atoms with Crippen molar-refractivity contribution in [3.63, 3.8) is 0 Å². The number of hydrogen-bond donors (Lipinski definition) is 4. The number of carbonyl (C=O) groups excluding carboxylic acids is 2. The second-order valence-corrected chi connectivity index (χ2v) is 13.0. The second-order valence-electron chi connectivity index (χ2n) is 12.1. The van der Waals surface area contributed by atoms with Crippen LogP contribution in [-0.4, -0.2) is 56.3 Å². The van der Waals surface area contributed by atoms with Gasteiger partial charge >= 0.3 is 0 Å². The summed E-state index contributed by atoms with van der Waals surface area (Å²) < 4.78 is 22.7. The van der Waals surface area contributed by atoms with Gasteiger partial charge in [-0.25, -0.2) is 0 Å². The fourth-order valence-electron chi connectivity index (χ4n) is 5.36. The SMILES string of the molecule is CNC(=O)c1cc(COc2nnc(Nc3ccc(Cl)cc3)c3ccoc23)ccn1.CNC(=O)c1cc(COc2nnc(Nc3ccc(Cl)cc3)c3ccoc23)ccn1. The maximum absolute atomic E-state index is 11.7. The third-order valence-electron chi connectivity index (χ3n) is 8.24. The molecular formula is C40H32Cl2N10O6. The van der Waals surface area contributed by atoms with E-state index in [4.69, 9.17) is 41.5 Å². The molecule has 0 aliphatic carbocycles. The molecule has 2 amide bonds. The van der Waals surface area contributed by atoms with Crippen LogP contribution >= 0.6 is 23.2 Å². The van der Waals surface area contributed by atoms with Crippen LogP contribution in [0.15, 0.2) is 119 Å². The first-order valence-electron chi connectivity index (χ1n) is 17.4. The van der Waals surface area contributed by atoms with Gasteiger partial charge in [0, 0.05) is 47.9 Å². The van der Waals surface area contributed by atoms with E-state index in [0.29, 0.717) is 44.2 Å². The number of hydrogen-bond acceptors (Lipinski definition) is 14. The molecule has 0 spiro atoms. The minimum absolute atomic E-state index is 0.182. The van der Waals surface area contributed by atoms with Crippen LogP contribution in [0.25, 0.3) is 21.9 Å². The number of aromatic nitrogens is 6. The number of fused-ring (bicyclic) bond motifs is 2. The molecule has 0 unspecified atom stereocenters. The number of amides is 2. The topological polar surface area (TPSA) is 204 Å². The average Bonchev–Trinajstić information content (AvgIpc) is 3.97. The molecule has 8 rings (SSSR count).